The molecule has 0 aliphatic rings. The minimum absolute atomic E-state index is 0.196. The van der Waals surface area contributed by atoms with Gasteiger partial charge in [-0.05, 0) is 53.9 Å². The second-order valence-corrected chi connectivity index (χ2v) is 3.98. The Morgan fingerprint density at radius 2 is 2.06 bits per heavy atom. The number of hydrogen-bond acceptors (Lipinski definition) is 2. The Labute approximate surface area is 97.3 Å². The summed E-state index contributed by atoms with van der Waals surface area (Å²) in [4.78, 5) is 0. The molecular formula is C12H10ClFO2. The van der Waals surface area contributed by atoms with E-state index in [0.717, 1.165) is 5.56 Å². The van der Waals surface area contributed by atoms with Crippen LogP contribution in [-0.2, 0) is 0 Å². The Morgan fingerprint density at radius 1 is 1.31 bits per heavy atom. The highest BCUT2D eigenvalue weighted by Gasteiger charge is 2.15. The minimum Gasteiger partial charge on any atom is -0.447 e. The molecular weight excluding hydrogens is 231 g/mol. The molecule has 1 unspecified atom stereocenters. The van der Waals surface area contributed by atoms with Crippen LogP contribution in [0.4, 0.5) is 4.39 Å². The molecule has 2 nitrogen and oxygen atoms in total. The molecule has 1 N–H and O–H groups in total. The van der Waals surface area contributed by atoms with Gasteiger partial charge in [0.25, 0.3) is 0 Å². The van der Waals surface area contributed by atoms with Crippen molar-refractivity contribution in [3.63, 3.8) is 0 Å². The molecule has 0 amide bonds. The fraction of sp³-hybridized carbons (Fsp3) is 0.167. The largest absolute Gasteiger partial charge is 0.447 e. The van der Waals surface area contributed by atoms with Crippen LogP contribution in [0.1, 0.15) is 23.0 Å². The molecule has 0 radical (unpaired) electrons. The predicted molar refractivity (Wildman–Crippen MR) is 58.9 cm³/mol. The first-order valence-corrected chi connectivity index (χ1v) is 5.14. The average Bonchev–Trinajstić information content (AvgIpc) is 2.62. The molecule has 16 heavy (non-hydrogen) atoms. The molecule has 4 heteroatoms. The monoisotopic (exact) mass is 240 g/mol. The van der Waals surface area contributed by atoms with Gasteiger partial charge >= 0.3 is 0 Å². The Hall–Kier alpha value is -1.32. The predicted octanol–water partition coefficient (Wildman–Crippen LogP) is 3.46. The van der Waals surface area contributed by atoms with Crippen molar-refractivity contribution in [1.82, 2.24) is 0 Å². The van der Waals surface area contributed by atoms with E-state index >= 15 is 0 Å². The molecule has 1 aromatic heterocycles. The van der Waals surface area contributed by atoms with Gasteiger partial charge < -0.3 is 9.52 Å². The minimum atomic E-state index is -0.998. The number of aliphatic hydroxyl groups is 1. The average molecular weight is 241 g/mol. The highest BCUT2D eigenvalue weighted by atomic mass is 35.5. The van der Waals surface area contributed by atoms with Gasteiger partial charge in [-0.3, -0.25) is 0 Å². The molecule has 0 aliphatic carbocycles. The van der Waals surface area contributed by atoms with Crippen LogP contribution in [0.15, 0.2) is 34.7 Å². The smallest absolute Gasteiger partial charge is 0.193 e. The zero-order valence-corrected chi connectivity index (χ0v) is 9.33. The summed E-state index contributed by atoms with van der Waals surface area (Å²) in [6, 6.07) is 7.46. The second kappa shape index (κ2) is 4.28. The lowest BCUT2D eigenvalue weighted by atomic mass is 10.0. The number of aliphatic hydroxyl groups excluding tert-OH is 1. The van der Waals surface area contributed by atoms with Crippen molar-refractivity contribution < 1.29 is 13.9 Å². The van der Waals surface area contributed by atoms with Gasteiger partial charge in [-0.15, -0.1) is 0 Å². The van der Waals surface area contributed by atoms with Gasteiger partial charge in [0, 0.05) is 0 Å². The van der Waals surface area contributed by atoms with E-state index in [9.17, 15) is 9.50 Å². The van der Waals surface area contributed by atoms with Gasteiger partial charge in [0.1, 0.15) is 17.7 Å². The van der Waals surface area contributed by atoms with Crippen LogP contribution in [0.5, 0.6) is 0 Å². The number of hydrogen-bond donors (Lipinski definition) is 1. The normalized spacial score (nSPS) is 12.8. The van der Waals surface area contributed by atoms with Crippen LogP contribution < -0.4 is 0 Å². The summed E-state index contributed by atoms with van der Waals surface area (Å²) < 4.78 is 18.2. The van der Waals surface area contributed by atoms with Gasteiger partial charge in [-0.1, -0.05) is 6.07 Å². The SMILES string of the molecule is Cc1cc(F)cc(C(O)c2ccc(Cl)o2)c1. The van der Waals surface area contributed by atoms with Gasteiger partial charge in [0.05, 0.1) is 0 Å². The fourth-order valence-electron chi connectivity index (χ4n) is 1.56. The zero-order chi connectivity index (χ0) is 11.7. The highest BCUT2D eigenvalue weighted by Crippen LogP contribution is 2.26. The van der Waals surface area contributed by atoms with Crippen molar-refractivity contribution >= 4 is 11.6 Å². The van der Waals surface area contributed by atoms with Crippen molar-refractivity contribution in [2.24, 2.45) is 0 Å². The third-order valence-corrected chi connectivity index (χ3v) is 2.45. The van der Waals surface area contributed by atoms with E-state index in [1.807, 2.05) is 0 Å². The number of aryl methyl sites for hydroxylation is 1. The molecule has 0 bridgehead atoms. The first-order valence-electron chi connectivity index (χ1n) is 4.76. The lowest BCUT2D eigenvalue weighted by Gasteiger charge is -2.09. The van der Waals surface area contributed by atoms with Crippen molar-refractivity contribution in [2.45, 2.75) is 13.0 Å². The topological polar surface area (TPSA) is 33.4 Å². The summed E-state index contributed by atoms with van der Waals surface area (Å²) in [6.45, 7) is 1.76. The van der Waals surface area contributed by atoms with Crippen molar-refractivity contribution in [1.29, 1.82) is 0 Å². The van der Waals surface area contributed by atoms with E-state index in [1.165, 1.54) is 18.2 Å². The summed E-state index contributed by atoms with van der Waals surface area (Å²) >= 11 is 5.60. The third-order valence-electron chi connectivity index (χ3n) is 2.24. The molecule has 0 saturated heterocycles. The molecule has 0 aliphatic heterocycles. The zero-order valence-electron chi connectivity index (χ0n) is 8.58. The van der Waals surface area contributed by atoms with Crippen LogP contribution >= 0.6 is 11.6 Å². The lowest BCUT2D eigenvalue weighted by Crippen LogP contribution is -1.99. The molecule has 0 spiro atoms. The van der Waals surface area contributed by atoms with E-state index in [1.54, 1.807) is 19.1 Å². The number of rotatable bonds is 2. The summed E-state index contributed by atoms with van der Waals surface area (Å²) in [5.74, 6) is -0.0818. The third kappa shape index (κ3) is 2.26. The van der Waals surface area contributed by atoms with E-state index in [4.69, 9.17) is 16.0 Å². The van der Waals surface area contributed by atoms with Crippen LogP contribution in [0.2, 0.25) is 5.22 Å². The van der Waals surface area contributed by atoms with E-state index in [-0.39, 0.29) is 11.0 Å². The van der Waals surface area contributed by atoms with Crippen LogP contribution in [0.3, 0.4) is 0 Å². The lowest BCUT2D eigenvalue weighted by molar-refractivity contribution is 0.189. The summed E-state index contributed by atoms with van der Waals surface area (Å²) in [6.07, 6.45) is -0.998. The van der Waals surface area contributed by atoms with E-state index < -0.39 is 6.10 Å². The first-order chi connectivity index (χ1) is 7.56. The number of halogens is 2. The Balaban J connectivity index is 2.37. The Bertz CT molecular complexity index is 487. The Morgan fingerprint density at radius 3 is 2.62 bits per heavy atom. The van der Waals surface area contributed by atoms with Crippen molar-refractivity contribution in [2.75, 3.05) is 0 Å². The van der Waals surface area contributed by atoms with Crippen LogP contribution in [-0.4, -0.2) is 5.11 Å². The molecule has 1 atom stereocenters. The van der Waals surface area contributed by atoms with E-state index in [0.29, 0.717) is 11.3 Å². The Kier molecular flexibility index (Phi) is 2.99. The molecule has 84 valence electrons. The molecule has 0 saturated carbocycles. The molecule has 1 aromatic carbocycles. The molecule has 0 fully saturated rings. The summed E-state index contributed by atoms with van der Waals surface area (Å²) in [5.41, 5.74) is 1.19. The highest BCUT2D eigenvalue weighted by molar-refractivity contribution is 6.28. The molecule has 1 heterocycles. The molecule has 2 aromatic rings. The number of benzene rings is 1. The summed E-state index contributed by atoms with van der Waals surface area (Å²) in [5, 5.41) is 10.1. The van der Waals surface area contributed by atoms with Gasteiger partial charge in [-0.25, -0.2) is 4.39 Å². The van der Waals surface area contributed by atoms with E-state index in [2.05, 4.69) is 0 Å². The van der Waals surface area contributed by atoms with Gasteiger partial charge in [-0.2, -0.15) is 0 Å². The van der Waals surface area contributed by atoms with Crippen molar-refractivity contribution in [3.8, 4) is 0 Å². The van der Waals surface area contributed by atoms with Crippen molar-refractivity contribution in [3.05, 3.63) is 58.3 Å². The number of furan rings is 1. The maximum absolute atomic E-state index is 13.1. The summed E-state index contributed by atoms with van der Waals surface area (Å²) in [7, 11) is 0. The van der Waals surface area contributed by atoms with Crippen LogP contribution in [0, 0.1) is 12.7 Å². The van der Waals surface area contributed by atoms with Crippen LogP contribution in [0.25, 0.3) is 0 Å². The van der Waals surface area contributed by atoms with Gasteiger partial charge in [0.2, 0.25) is 0 Å². The standard InChI is InChI=1S/C12H10ClFO2/c1-7-4-8(6-9(14)5-7)12(15)10-2-3-11(13)16-10/h2-6,12,15H,1H3. The second-order valence-electron chi connectivity index (χ2n) is 3.61. The quantitative estimate of drug-likeness (QED) is 0.872. The molecule has 2 rings (SSSR count). The fourth-order valence-corrected chi connectivity index (χ4v) is 1.71. The maximum atomic E-state index is 13.1. The van der Waals surface area contributed by atoms with Gasteiger partial charge in [0.15, 0.2) is 5.22 Å². The maximum Gasteiger partial charge on any atom is 0.193 e. The first kappa shape index (κ1) is 11.2.